The quantitative estimate of drug-likeness (QED) is 0.425. The number of pyridine rings is 1. The van der Waals surface area contributed by atoms with E-state index in [1.165, 1.54) is 44.0 Å². The summed E-state index contributed by atoms with van der Waals surface area (Å²) >= 11 is 0. The zero-order valence-corrected chi connectivity index (χ0v) is 23.1. The Hall–Kier alpha value is -1.66. The third-order valence-electron chi connectivity index (χ3n) is 12.0. The lowest BCUT2D eigenvalue weighted by atomic mass is 9.41. The molecule has 0 amide bonds. The third kappa shape index (κ3) is 4.50. The number of fused-ring (bicyclic) bond motifs is 5. The van der Waals surface area contributed by atoms with Crippen LogP contribution < -0.4 is 4.74 Å². The first-order valence-corrected chi connectivity index (χ1v) is 14.8. The second kappa shape index (κ2) is 10.1. The largest absolute Gasteiger partial charge is 0.478 e. The van der Waals surface area contributed by atoms with Crippen LogP contribution in [0.5, 0.6) is 5.88 Å². The average Bonchev–Trinajstić information content (AvgIpc) is 3.22. The first kappa shape index (κ1) is 26.9. The van der Waals surface area contributed by atoms with Gasteiger partial charge in [-0.05, 0) is 110 Å². The Morgan fingerprint density at radius 3 is 2.57 bits per heavy atom. The molecule has 4 aliphatic carbocycles. The molecule has 1 aromatic rings. The van der Waals surface area contributed by atoms with Crippen molar-refractivity contribution in [3.8, 4) is 5.88 Å². The molecule has 4 fully saturated rings. The predicted molar refractivity (Wildman–Crippen MR) is 142 cm³/mol. The fourth-order valence-corrected chi connectivity index (χ4v) is 10.1. The number of carboxylic acid groups (broad SMARTS) is 1. The van der Waals surface area contributed by atoms with Gasteiger partial charge in [0.25, 0.3) is 0 Å². The highest BCUT2D eigenvalue weighted by atomic mass is 16.5. The predicted octanol–water partition coefficient (Wildman–Crippen LogP) is 5.81. The summed E-state index contributed by atoms with van der Waals surface area (Å²) < 4.78 is 5.87. The molecule has 5 rings (SSSR count). The lowest BCUT2D eigenvalue weighted by Crippen LogP contribution is -2.62. The molecule has 0 unspecified atom stereocenters. The van der Waals surface area contributed by atoms with Gasteiger partial charge in [0, 0.05) is 12.3 Å². The number of aliphatic hydroxyl groups excluding tert-OH is 2. The normalized spacial score (nSPS) is 43.8. The third-order valence-corrected chi connectivity index (χ3v) is 12.0. The van der Waals surface area contributed by atoms with Gasteiger partial charge in [0.15, 0.2) is 0 Å². The molecule has 0 bridgehead atoms. The van der Waals surface area contributed by atoms with Crippen molar-refractivity contribution in [1.82, 2.24) is 4.98 Å². The number of carboxylic acids is 1. The number of aromatic carboxylic acids is 1. The van der Waals surface area contributed by atoms with Crippen LogP contribution in [-0.2, 0) is 0 Å². The van der Waals surface area contributed by atoms with Gasteiger partial charge in [-0.2, -0.15) is 0 Å². The SMILES string of the molecule is CC[C@H]1[C@@H](O)[C@@H]2[C@H](CC[C@]3(C)[C@@H]([C@H](C)CCOc4cc(C(=O)O)ccn4)CC[C@@H]23)[C@@]2(C)CC[C@@H](O)C[C@@H]12. The van der Waals surface area contributed by atoms with Gasteiger partial charge in [-0.3, -0.25) is 0 Å². The summed E-state index contributed by atoms with van der Waals surface area (Å²) in [4.78, 5) is 15.4. The highest BCUT2D eigenvalue weighted by Crippen LogP contribution is 2.69. The maximum atomic E-state index is 11.9. The number of carbonyl (C=O) groups is 1. The van der Waals surface area contributed by atoms with Crippen LogP contribution in [0.15, 0.2) is 18.3 Å². The molecule has 0 radical (unpaired) electrons. The van der Waals surface area contributed by atoms with Crippen molar-refractivity contribution in [2.45, 2.75) is 97.7 Å². The number of nitrogens with zero attached hydrogens (tertiary/aromatic N) is 1. The van der Waals surface area contributed by atoms with Gasteiger partial charge in [-0.15, -0.1) is 0 Å². The van der Waals surface area contributed by atoms with Crippen LogP contribution in [0.3, 0.4) is 0 Å². The highest BCUT2D eigenvalue weighted by Gasteiger charge is 2.64. The summed E-state index contributed by atoms with van der Waals surface area (Å²) in [6.07, 6.45) is 10.6. The number of hydrogen-bond donors (Lipinski definition) is 3. The van der Waals surface area contributed by atoms with Crippen molar-refractivity contribution in [3.05, 3.63) is 23.9 Å². The number of aromatic nitrogens is 1. The van der Waals surface area contributed by atoms with Gasteiger partial charge in [0.05, 0.1) is 24.4 Å². The topological polar surface area (TPSA) is 99.9 Å². The van der Waals surface area contributed by atoms with E-state index in [2.05, 4.69) is 32.7 Å². The Balaban J connectivity index is 1.29. The second-order valence-electron chi connectivity index (χ2n) is 13.4. The Bertz CT molecular complexity index is 984. The Morgan fingerprint density at radius 1 is 1.11 bits per heavy atom. The fraction of sp³-hybridized carbons (Fsp3) is 0.806. The molecule has 0 saturated heterocycles. The van der Waals surface area contributed by atoms with Gasteiger partial charge in [-0.25, -0.2) is 9.78 Å². The van der Waals surface area contributed by atoms with E-state index in [0.29, 0.717) is 53.9 Å². The summed E-state index contributed by atoms with van der Waals surface area (Å²) in [5, 5.41) is 31.6. The number of ether oxygens (including phenoxy) is 1. The van der Waals surface area contributed by atoms with E-state index in [-0.39, 0.29) is 28.6 Å². The molecule has 37 heavy (non-hydrogen) atoms. The van der Waals surface area contributed by atoms with Gasteiger partial charge in [0.1, 0.15) is 0 Å². The molecule has 6 heteroatoms. The summed E-state index contributed by atoms with van der Waals surface area (Å²) in [5.74, 6) is 2.72. The van der Waals surface area contributed by atoms with Crippen molar-refractivity contribution < 1.29 is 24.9 Å². The zero-order chi connectivity index (χ0) is 26.5. The minimum Gasteiger partial charge on any atom is -0.478 e. The first-order chi connectivity index (χ1) is 17.6. The Morgan fingerprint density at radius 2 is 1.84 bits per heavy atom. The highest BCUT2D eigenvalue weighted by molar-refractivity contribution is 5.87. The standard InChI is InChI=1S/C31H47NO5/c1-5-21-25-17-20(33)8-12-31(25,4)24-9-13-30(3)22(6-7-23(30)27(24)28(21)34)18(2)11-15-37-26-16-19(29(35)36)10-14-32-26/h10,14,16,18,20-25,27-28,33-34H,5-9,11-13,15,17H2,1-4H3,(H,35,36)/t18-,20-,21-,22-,23+,24+,25+,27+,28-,30-,31-/m1/s1. The summed E-state index contributed by atoms with van der Waals surface area (Å²) in [6, 6.07) is 2.97. The smallest absolute Gasteiger partial charge is 0.335 e. The van der Waals surface area contributed by atoms with Crippen LogP contribution in [0.25, 0.3) is 0 Å². The molecule has 11 atom stereocenters. The number of hydrogen-bond acceptors (Lipinski definition) is 5. The Kier molecular flexibility index (Phi) is 7.38. The van der Waals surface area contributed by atoms with Gasteiger partial charge < -0.3 is 20.1 Å². The summed E-state index contributed by atoms with van der Waals surface area (Å²) in [6.45, 7) is 10.1. The van der Waals surface area contributed by atoms with Crippen molar-refractivity contribution in [1.29, 1.82) is 0 Å². The minimum atomic E-state index is -0.971. The second-order valence-corrected chi connectivity index (χ2v) is 13.4. The molecule has 0 aromatic carbocycles. The molecule has 0 aliphatic heterocycles. The molecule has 4 aliphatic rings. The first-order valence-electron chi connectivity index (χ1n) is 14.8. The van der Waals surface area contributed by atoms with Crippen LogP contribution in [0.1, 0.15) is 95.8 Å². The molecule has 1 aromatic heterocycles. The van der Waals surface area contributed by atoms with E-state index >= 15 is 0 Å². The van der Waals surface area contributed by atoms with Gasteiger partial charge in [0.2, 0.25) is 5.88 Å². The molecule has 3 N–H and O–H groups in total. The molecule has 0 spiro atoms. The van der Waals surface area contributed by atoms with Crippen molar-refractivity contribution in [2.75, 3.05) is 6.61 Å². The molecule has 4 saturated carbocycles. The van der Waals surface area contributed by atoms with Crippen molar-refractivity contribution >= 4 is 5.97 Å². The van der Waals surface area contributed by atoms with E-state index < -0.39 is 5.97 Å². The fourth-order valence-electron chi connectivity index (χ4n) is 10.1. The maximum Gasteiger partial charge on any atom is 0.335 e. The monoisotopic (exact) mass is 513 g/mol. The summed E-state index contributed by atoms with van der Waals surface area (Å²) in [5.41, 5.74) is 0.666. The van der Waals surface area contributed by atoms with E-state index in [0.717, 1.165) is 32.1 Å². The van der Waals surface area contributed by atoms with E-state index in [1.54, 1.807) is 0 Å². The van der Waals surface area contributed by atoms with Gasteiger partial charge in [-0.1, -0.05) is 34.1 Å². The number of rotatable bonds is 7. The van der Waals surface area contributed by atoms with Crippen LogP contribution in [-0.4, -0.2) is 45.1 Å². The lowest BCUT2D eigenvalue weighted by molar-refractivity contribution is -0.203. The van der Waals surface area contributed by atoms with Crippen LogP contribution >= 0.6 is 0 Å². The van der Waals surface area contributed by atoms with Crippen molar-refractivity contribution in [3.63, 3.8) is 0 Å². The lowest BCUT2D eigenvalue weighted by Gasteiger charge is -2.64. The van der Waals surface area contributed by atoms with E-state index in [4.69, 9.17) is 4.74 Å². The number of aliphatic hydroxyl groups is 2. The van der Waals surface area contributed by atoms with Crippen molar-refractivity contribution in [2.24, 2.45) is 52.3 Å². The van der Waals surface area contributed by atoms with Gasteiger partial charge >= 0.3 is 5.97 Å². The minimum absolute atomic E-state index is 0.195. The zero-order valence-electron chi connectivity index (χ0n) is 23.1. The maximum absolute atomic E-state index is 11.9. The van der Waals surface area contributed by atoms with Crippen LogP contribution in [0.2, 0.25) is 0 Å². The molecule has 6 nitrogen and oxygen atoms in total. The molecular formula is C31H47NO5. The average molecular weight is 514 g/mol. The summed E-state index contributed by atoms with van der Waals surface area (Å²) in [7, 11) is 0. The molecule has 1 heterocycles. The molecule has 206 valence electrons. The Labute approximate surface area is 222 Å². The van der Waals surface area contributed by atoms with Crippen LogP contribution in [0, 0.1) is 52.3 Å². The van der Waals surface area contributed by atoms with E-state index in [1.807, 2.05) is 0 Å². The molecular weight excluding hydrogens is 466 g/mol. The van der Waals surface area contributed by atoms with Crippen LogP contribution in [0.4, 0.5) is 0 Å². The van der Waals surface area contributed by atoms with E-state index in [9.17, 15) is 20.1 Å².